The molecular formula is C28H26F2N2O4. The summed E-state index contributed by atoms with van der Waals surface area (Å²) in [6.45, 7) is 0. The van der Waals surface area contributed by atoms with E-state index >= 15 is 0 Å². The van der Waals surface area contributed by atoms with Crippen molar-refractivity contribution < 1.29 is 27.8 Å². The second-order valence-electron chi connectivity index (χ2n) is 8.79. The summed E-state index contributed by atoms with van der Waals surface area (Å²) in [6, 6.07) is 13.6. The highest BCUT2D eigenvalue weighted by molar-refractivity contribution is 6.01. The molecule has 2 N–H and O–H groups in total. The Bertz CT molecular complexity index is 1350. The first-order valence-electron chi connectivity index (χ1n) is 11.6. The molecule has 3 aromatic carbocycles. The molecule has 1 aliphatic carbocycles. The van der Waals surface area contributed by atoms with Gasteiger partial charge in [-0.3, -0.25) is 4.79 Å². The molecule has 0 amide bonds. The van der Waals surface area contributed by atoms with Gasteiger partial charge in [-0.25, -0.2) is 8.78 Å². The number of para-hydroxylation sites is 2. The Morgan fingerprint density at radius 1 is 0.861 bits per heavy atom. The third kappa shape index (κ3) is 4.12. The Balaban J connectivity index is 1.62. The summed E-state index contributed by atoms with van der Waals surface area (Å²) in [4.78, 5) is 13.7. The van der Waals surface area contributed by atoms with Gasteiger partial charge in [0.1, 0.15) is 11.6 Å². The first-order valence-corrected chi connectivity index (χ1v) is 11.6. The van der Waals surface area contributed by atoms with Gasteiger partial charge in [-0.15, -0.1) is 0 Å². The molecule has 36 heavy (non-hydrogen) atoms. The zero-order chi connectivity index (χ0) is 25.4. The van der Waals surface area contributed by atoms with E-state index in [0.717, 1.165) is 29.4 Å². The van der Waals surface area contributed by atoms with Gasteiger partial charge in [0.25, 0.3) is 0 Å². The third-order valence-electron chi connectivity index (χ3n) is 6.74. The molecule has 1 aliphatic heterocycles. The predicted octanol–water partition coefficient (Wildman–Crippen LogP) is 5.97. The van der Waals surface area contributed by atoms with Crippen LogP contribution in [0.3, 0.4) is 0 Å². The molecule has 186 valence electrons. The van der Waals surface area contributed by atoms with Gasteiger partial charge in [0.2, 0.25) is 5.75 Å². The molecule has 3 aromatic rings. The molecular weight excluding hydrogens is 466 g/mol. The number of methoxy groups -OCH3 is 3. The molecule has 2 unspecified atom stereocenters. The lowest BCUT2D eigenvalue weighted by atomic mass is 9.78. The maximum absolute atomic E-state index is 14.9. The number of fused-ring (bicyclic) bond motifs is 1. The summed E-state index contributed by atoms with van der Waals surface area (Å²) < 4.78 is 45.5. The summed E-state index contributed by atoms with van der Waals surface area (Å²) >= 11 is 0. The van der Waals surface area contributed by atoms with Crippen LogP contribution in [0.5, 0.6) is 17.2 Å². The summed E-state index contributed by atoms with van der Waals surface area (Å²) in [5.41, 5.74) is 3.45. The van der Waals surface area contributed by atoms with E-state index in [9.17, 15) is 13.6 Å². The molecule has 0 spiro atoms. The fourth-order valence-electron chi connectivity index (χ4n) is 5.03. The van der Waals surface area contributed by atoms with E-state index in [1.807, 2.05) is 36.4 Å². The number of ether oxygens (including phenoxy) is 3. The molecule has 2 aliphatic rings. The Morgan fingerprint density at radius 2 is 1.56 bits per heavy atom. The number of carbonyl (C=O) groups excluding carboxylic acids is 1. The van der Waals surface area contributed by atoms with Gasteiger partial charge in [-0.2, -0.15) is 0 Å². The van der Waals surface area contributed by atoms with Gasteiger partial charge >= 0.3 is 0 Å². The van der Waals surface area contributed by atoms with Crippen LogP contribution in [-0.4, -0.2) is 27.1 Å². The minimum Gasteiger partial charge on any atom is -0.493 e. The van der Waals surface area contributed by atoms with Crippen LogP contribution < -0.4 is 24.8 Å². The van der Waals surface area contributed by atoms with E-state index in [1.165, 1.54) is 7.11 Å². The smallest absolute Gasteiger partial charge is 0.203 e. The van der Waals surface area contributed by atoms with E-state index < -0.39 is 17.7 Å². The van der Waals surface area contributed by atoms with Crippen molar-refractivity contribution >= 4 is 17.2 Å². The van der Waals surface area contributed by atoms with Crippen molar-refractivity contribution in [2.45, 2.75) is 24.8 Å². The molecule has 0 saturated carbocycles. The number of hydrogen-bond acceptors (Lipinski definition) is 6. The Hall–Kier alpha value is -4.07. The van der Waals surface area contributed by atoms with Gasteiger partial charge in [-0.1, -0.05) is 12.1 Å². The summed E-state index contributed by atoms with van der Waals surface area (Å²) in [6.07, 6.45) is 0.660. The monoisotopic (exact) mass is 492 g/mol. The van der Waals surface area contributed by atoms with Crippen molar-refractivity contribution in [1.82, 2.24) is 0 Å². The van der Waals surface area contributed by atoms with Gasteiger partial charge in [0, 0.05) is 23.3 Å². The lowest BCUT2D eigenvalue weighted by molar-refractivity contribution is -0.116. The van der Waals surface area contributed by atoms with Gasteiger partial charge < -0.3 is 24.8 Å². The zero-order valence-corrected chi connectivity index (χ0v) is 20.2. The van der Waals surface area contributed by atoms with Gasteiger partial charge in [0.15, 0.2) is 17.3 Å². The number of ketones is 1. The fraction of sp³-hybridized carbons (Fsp3) is 0.250. The number of anilines is 2. The second-order valence-corrected chi connectivity index (χ2v) is 8.79. The Labute approximate surface area is 207 Å². The molecule has 0 aromatic heterocycles. The van der Waals surface area contributed by atoms with Crippen LogP contribution in [0.4, 0.5) is 20.2 Å². The molecule has 6 nitrogen and oxygen atoms in total. The quantitative estimate of drug-likeness (QED) is 0.457. The first kappa shape index (κ1) is 23.7. The van der Waals surface area contributed by atoms with Crippen LogP contribution in [0.15, 0.2) is 65.9 Å². The third-order valence-corrected chi connectivity index (χ3v) is 6.74. The van der Waals surface area contributed by atoms with E-state index in [1.54, 1.807) is 14.2 Å². The summed E-state index contributed by atoms with van der Waals surface area (Å²) in [7, 11) is 4.62. The number of benzene rings is 3. The Kier molecular flexibility index (Phi) is 6.26. The largest absolute Gasteiger partial charge is 0.493 e. The minimum absolute atomic E-state index is 0.0839. The molecule has 0 radical (unpaired) electrons. The molecule has 0 fully saturated rings. The highest BCUT2D eigenvalue weighted by atomic mass is 19.1. The van der Waals surface area contributed by atoms with E-state index in [2.05, 4.69) is 10.6 Å². The molecule has 5 rings (SSSR count). The fourth-order valence-corrected chi connectivity index (χ4v) is 5.03. The van der Waals surface area contributed by atoms with Crippen LogP contribution in [0.25, 0.3) is 0 Å². The maximum atomic E-state index is 14.9. The number of allylic oxidation sites excluding steroid dienone is 1. The topological polar surface area (TPSA) is 68.8 Å². The molecule has 0 bridgehead atoms. The van der Waals surface area contributed by atoms with Gasteiger partial charge in [0.05, 0.1) is 38.7 Å². The summed E-state index contributed by atoms with van der Waals surface area (Å²) in [5, 5.41) is 6.67. The lowest BCUT2D eigenvalue weighted by Gasteiger charge is -2.30. The predicted molar refractivity (Wildman–Crippen MR) is 133 cm³/mol. The molecule has 8 heteroatoms. The SMILES string of the molecule is COc1cc(C2CC(=O)C3=C(C2)Nc2ccccc2NC3c2cc(F)ccc2F)cc(OC)c1OC. The highest BCUT2D eigenvalue weighted by Gasteiger charge is 2.37. The van der Waals surface area contributed by atoms with Crippen molar-refractivity contribution in [2.24, 2.45) is 0 Å². The van der Waals surface area contributed by atoms with Crippen LogP contribution in [0.2, 0.25) is 0 Å². The number of carbonyl (C=O) groups is 1. The van der Waals surface area contributed by atoms with Crippen LogP contribution >= 0.6 is 0 Å². The van der Waals surface area contributed by atoms with Crippen molar-refractivity contribution in [2.75, 3.05) is 32.0 Å². The summed E-state index contributed by atoms with van der Waals surface area (Å²) in [5.74, 6) is -0.0336. The van der Waals surface area contributed by atoms with Crippen molar-refractivity contribution in [3.05, 3.63) is 88.6 Å². The minimum atomic E-state index is -0.847. The number of halogens is 2. The normalized spacial score (nSPS) is 18.9. The van der Waals surface area contributed by atoms with Crippen LogP contribution in [-0.2, 0) is 4.79 Å². The van der Waals surface area contributed by atoms with Crippen LogP contribution in [0.1, 0.15) is 35.9 Å². The molecule has 2 atom stereocenters. The highest BCUT2D eigenvalue weighted by Crippen LogP contribution is 2.47. The van der Waals surface area contributed by atoms with Crippen LogP contribution in [0, 0.1) is 11.6 Å². The average Bonchev–Trinajstić information content (AvgIpc) is 3.06. The number of rotatable bonds is 5. The average molecular weight is 493 g/mol. The van der Waals surface area contributed by atoms with Crippen molar-refractivity contribution in [1.29, 1.82) is 0 Å². The first-order chi connectivity index (χ1) is 17.4. The lowest BCUT2D eigenvalue weighted by Crippen LogP contribution is -2.27. The van der Waals surface area contributed by atoms with E-state index in [0.29, 0.717) is 40.6 Å². The van der Waals surface area contributed by atoms with Crippen molar-refractivity contribution in [3.63, 3.8) is 0 Å². The standard InChI is InChI=1S/C28H26F2N2O4/c1-34-24-12-16(13-25(35-2)28(24)36-3)15-10-22-26(23(33)11-15)27(18-14-17(29)8-9-19(18)30)32-21-7-5-4-6-20(21)31-22/h4-9,12-15,27,31-32H,10-11H2,1-3H3. The van der Waals surface area contributed by atoms with E-state index in [-0.39, 0.29) is 23.7 Å². The molecule has 1 heterocycles. The van der Waals surface area contributed by atoms with E-state index in [4.69, 9.17) is 14.2 Å². The zero-order valence-electron chi connectivity index (χ0n) is 20.2. The van der Waals surface area contributed by atoms with Gasteiger partial charge in [-0.05, 0) is 60.4 Å². The molecule has 0 saturated heterocycles. The number of nitrogens with one attached hydrogen (secondary N) is 2. The second kappa shape index (κ2) is 9.53. The Morgan fingerprint density at radius 3 is 2.22 bits per heavy atom. The number of hydrogen-bond donors (Lipinski definition) is 2. The maximum Gasteiger partial charge on any atom is 0.203 e. The number of Topliss-reactive ketones (excluding diaryl/α,β-unsaturated/α-hetero) is 1. The van der Waals surface area contributed by atoms with Crippen molar-refractivity contribution in [3.8, 4) is 17.2 Å².